The number of thioether (sulfide) groups is 1. The molecule has 37 heavy (non-hydrogen) atoms. The molecule has 2 aromatic heterocycles. The fourth-order valence-corrected chi connectivity index (χ4v) is 6.68. The Morgan fingerprint density at radius 1 is 1.14 bits per heavy atom. The van der Waals surface area contributed by atoms with E-state index >= 15 is 0 Å². The average Bonchev–Trinajstić information content (AvgIpc) is 3.46. The van der Waals surface area contributed by atoms with E-state index in [1.807, 2.05) is 26.0 Å². The van der Waals surface area contributed by atoms with Crippen LogP contribution < -0.4 is 4.74 Å². The minimum atomic E-state index is -4.38. The first-order valence-corrected chi connectivity index (χ1v) is 14.1. The van der Waals surface area contributed by atoms with Crippen LogP contribution in [0.5, 0.6) is 5.75 Å². The second-order valence-electron chi connectivity index (χ2n) is 8.33. The Labute approximate surface area is 225 Å². The number of hydrogen-bond acceptors (Lipinski definition) is 6. The topological polar surface area (TPSA) is 59.4 Å². The average molecular weight is 564 g/mol. The Kier molecular flexibility index (Phi) is 8.61. The first-order valence-electron chi connectivity index (χ1n) is 11.4. The van der Waals surface area contributed by atoms with Gasteiger partial charge in [-0.1, -0.05) is 19.1 Å². The van der Waals surface area contributed by atoms with Crippen molar-refractivity contribution in [3.63, 3.8) is 0 Å². The number of aromatic nitrogens is 1. The number of aryl methyl sites for hydroxylation is 2. The van der Waals surface area contributed by atoms with Gasteiger partial charge in [0, 0.05) is 32.4 Å². The zero-order chi connectivity index (χ0) is 26.6. The van der Waals surface area contributed by atoms with Crippen LogP contribution in [0.15, 0.2) is 58.8 Å². The number of nitrogens with zero attached hydrogens (tertiary/aromatic N) is 1. The summed E-state index contributed by atoms with van der Waals surface area (Å²) in [6, 6.07) is 13.0. The van der Waals surface area contributed by atoms with E-state index < -0.39 is 24.3 Å². The maximum atomic E-state index is 13.0. The first kappa shape index (κ1) is 27.2. The van der Waals surface area contributed by atoms with Gasteiger partial charge in [-0.15, -0.1) is 34.4 Å². The number of hydrogen-bond donors (Lipinski definition) is 1. The van der Waals surface area contributed by atoms with Crippen molar-refractivity contribution in [1.82, 2.24) is 4.98 Å². The standard InChI is InChI=1S/C27H24F3NO3S3/c1-3-17-11-20(8-9-23(17)34-13-25(32)33)36-15-24-22(12-21-10-16(2)14-35-21)31-26(37-24)18-4-6-19(7-5-18)27(28,29)30/h4-11,14H,3,12-13,15H2,1-2H3,(H,32,33). The molecule has 0 unspecified atom stereocenters. The number of carboxylic acid groups (broad SMARTS) is 1. The molecule has 4 aromatic rings. The second kappa shape index (κ2) is 11.7. The van der Waals surface area contributed by atoms with Crippen LogP contribution in [0.1, 0.15) is 39.1 Å². The molecule has 0 radical (unpaired) electrons. The summed E-state index contributed by atoms with van der Waals surface area (Å²) in [5, 5.41) is 11.7. The fraction of sp³-hybridized carbons (Fsp3) is 0.259. The molecule has 10 heteroatoms. The Morgan fingerprint density at radius 3 is 2.51 bits per heavy atom. The largest absolute Gasteiger partial charge is 0.482 e. The molecule has 0 saturated carbocycles. The van der Waals surface area contributed by atoms with E-state index in [0.29, 0.717) is 34.9 Å². The summed E-state index contributed by atoms with van der Waals surface area (Å²) in [6.07, 6.45) is -3.02. The van der Waals surface area contributed by atoms with Crippen LogP contribution >= 0.6 is 34.4 Å². The van der Waals surface area contributed by atoms with Crippen molar-refractivity contribution >= 4 is 40.4 Å². The van der Waals surface area contributed by atoms with Crippen molar-refractivity contribution in [2.24, 2.45) is 0 Å². The Bertz CT molecular complexity index is 1380. The molecule has 4 nitrogen and oxygen atoms in total. The Morgan fingerprint density at radius 2 is 1.89 bits per heavy atom. The van der Waals surface area contributed by atoms with E-state index in [-0.39, 0.29) is 0 Å². The van der Waals surface area contributed by atoms with Gasteiger partial charge in [-0.2, -0.15) is 13.2 Å². The molecule has 0 atom stereocenters. The highest BCUT2D eigenvalue weighted by Gasteiger charge is 2.30. The van der Waals surface area contributed by atoms with Gasteiger partial charge in [0.15, 0.2) is 6.61 Å². The predicted octanol–water partition coefficient (Wildman–Crippen LogP) is 8.11. The molecule has 0 aliphatic heterocycles. The summed E-state index contributed by atoms with van der Waals surface area (Å²) in [4.78, 5) is 18.9. The molecule has 2 heterocycles. The van der Waals surface area contributed by atoms with E-state index in [0.717, 1.165) is 33.2 Å². The maximum Gasteiger partial charge on any atom is 0.416 e. The highest BCUT2D eigenvalue weighted by atomic mass is 32.2. The van der Waals surface area contributed by atoms with Gasteiger partial charge in [-0.3, -0.25) is 0 Å². The minimum absolute atomic E-state index is 0.390. The number of ether oxygens (including phenoxy) is 1. The molecule has 0 spiro atoms. The maximum absolute atomic E-state index is 13.0. The molecular formula is C27H24F3NO3S3. The highest BCUT2D eigenvalue weighted by molar-refractivity contribution is 7.98. The monoisotopic (exact) mass is 563 g/mol. The summed E-state index contributed by atoms with van der Waals surface area (Å²) >= 11 is 4.80. The highest BCUT2D eigenvalue weighted by Crippen LogP contribution is 2.37. The lowest BCUT2D eigenvalue weighted by molar-refractivity contribution is -0.139. The smallest absolute Gasteiger partial charge is 0.416 e. The van der Waals surface area contributed by atoms with Crippen molar-refractivity contribution in [1.29, 1.82) is 0 Å². The van der Waals surface area contributed by atoms with Crippen molar-refractivity contribution in [2.45, 2.75) is 43.5 Å². The second-order valence-corrected chi connectivity index (χ2v) is 11.5. The molecule has 1 N–H and O–H groups in total. The van der Waals surface area contributed by atoms with E-state index in [1.54, 1.807) is 29.2 Å². The fourth-order valence-electron chi connectivity index (χ4n) is 3.66. The molecule has 4 rings (SSSR count). The van der Waals surface area contributed by atoms with Crippen molar-refractivity contribution in [2.75, 3.05) is 6.61 Å². The Hall–Kier alpha value is -2.82. The van der Waals surface area contributed by atoms with E-state index in [4.69, 9.17) is 14.8 Å². The van der Waals surface area contributed by atoms with Crippen LogP contribution in [0.4, 0.5) is 13.2 Å². The number of carboxylic acids is 1. The van der Waals surface area contributed by atoms with Crippen LogP contribution in [0.25, 0.3) is 10.6 Å². The van der Waals surface area contributed by atoms with Gasteiger partial charge in [0.25, 0.3) is 0 Å². The van der Waals surface area contributed by atoms with Crippen molar-refractivity contribution in [3.05, 3.63) is 86.0 Å². The molecule has 0 aliphatic carbocycles. The van der Waals surface area contributed by atoms with Gasteiger partial charge in [-0.25, -0.2) is 9.78 Å². The quantitative estimate of drug-likeness (QED) is 0.198. The zero-order valence-electron chi connectivity index (χ0n) is 20.1. The molecule has 0 saturated heterocycles. The number of benzene rings is 2. The molecule has 0 aliphatic rings. The lowest BCUT2D eigenvalue weighted by Gasteiger charge is -2.10. The van der Waals surface area contributed by atoms with E-state index in [9.17, 15) is 18.0 Å². The molecule has 0 amide bonds. The van der Waals surface area contributed by atoms with E-state index in [1.165, 1.54) is 33.9 Å². The molecule has 194 valence electrons. The number of rotatable bonds is 10. The van der Waals surface area contributed by atoms with Gasteiger partial charge in [0.2, 0.25) is 0 Å². The third-order valence-electron chi connectivity index (χ3n) is 5.50. The molecule has 0 fully saturated rings. The molecular weight excluding hydrogens is 539 g/mol. The molecule has 2 aromatic carbocycles. The summed E-state index contributed by atoms with van der Waals surface area (Å²) in [6.45, 7) is 3.64. The van der Waals surface area contributed by atoms with Crippen LogP contribution in [0.3, 0.4) is 0 Å². The summed E-state index contributed by atoms with van der Waals surface area (Å²) < 4.78 is 44.4. The van der Waals surface area contributed by atoms with Gasteiger partial charge in [-0.05, 0) is 66.2 Å². The Balaban J connectivity index is 1.57. The third kappa shape index (κ3) is 7.15. The summed E-state index contributed by atoms with van der Waals surface area (Å²) in [5.74, 6) is 0.185. The third-order valence-corrected chi connectivity index (χ3v) is 8.90. The number of alkyl halides is 3. The van der Waals surface area contributed by atoms with Gasteiger partial charge >= 0.3 is 12.1 Å². The van der Waals surface area contributed by atoms with Crippen molar-refractivity contribution < 1.29 is 27.8 Å². The number of carbonyl (C=O) groups is 1. The summed E-state index contributed by atoms with van der Waals surface area (Å²) in [5.41, 5.74) is 3.01. The van der Waals surface area contributed by atoms with Gasteiger partial charge < -0.3 is 9.84 Å². The number of thiophene rings is 1. The number of halogens is 3. The first-order chi connectivity index (χ1) is 17.6. The summed E-state index contributed by atoms with van der Waals surface area (Å²) in [7, 11) is 0. The van der Waals surface area contributed by atoms with Gasteiger partial charge in [0.1, 0.15) is 10.8 Å². The van der Waals surface area contributed by atoms with E-state index in [2.05, 4.69) is 11.4 Å². The van der Waals surface area contributed by atoms with Crippen LogP contribution in [-0.4, -0.2) is 22.7 Å². The lowest BCUT2D eigenvalue weighted by Crippen LogP contribution is -2.10. The van der Waals surface area contributed by atoms with Crippen LogP contribution in [-0.2, 0) is 29.6 Å². The van der Waals surface area contributed by atoms with Crippen LogP contribution in [0.2, 0.25) is 0 Å². The van der Waals surface area contributed by atoms with Crippen molar-refractivity contribution in [3.8, 4) is 16.3 Å². The zero-order valence-corrected chi connectivity index (χ0v) is 22.5. The lowest BCUT2D eigenvalue weighted by atomic mass is 10.1. The SMILES string of the molecule is CCc1cc(SCc2sc(-c3ccc(C(F)(F)F)cc3)nc2Cc2cc(C)cs2)ccc1OCC(=O)O. The normalized spacial score (nSPS) is 11.6. The minimum Gasteiger partial charge on any atom is -0.482 e. The van der Waals surface area contributed by atoms with Gasteiger partial charge in [0.05, 0.1) is 11.3 Å². The molecule has 0 bridgehead atoms. The number of thiazole rings is 1. The predicted molar refractivity (Wildman–Crippen MR) is 143 cm³/mol. The number of aliphatic carboxylic acids is 1. The van der Waals surface area contributed by atoms with Crippen LogP contribution in [0, 0.1) is 6.92 Å².